The Hall–Kier alpha value is -2.30. The van der Waals surface area contributed by atoms with Crippen LogP contribution in [-0.2, 0) is 14.1 Å². The number of ether oxygens (including phenoxy) is 1. The maximum atomic E-state index is 13.5. The molecule has 0 aliphatic carbocycles. The fraction of sp³-hybridized carbons (Fsp3) is 0.167. The fourth-order valence-corrected chi connectivity index (χ4v) is 4.53. The summed E-state index contributed by atoms with van der Waals surface area (Å²) in [7, 11) is -3.09. The summed E-state index contributed by atoms with van der Waals surface area (Å²) in [6, 6.07) is 18.0. The van der Waals surface area contributed by atoms with E-state index >= 15 is 0 Å². The molecule has 0 amide bonds. The first kappa shape index (κ1) is 16.1. The Morgan fingerprint density at radius 1 is 1.09 bits per heavy atom. The predicted molar refractivity (Wildman–Crippen MR) is 89.0 cm³/mol. The Morgan fingerprint density at radius 2 is 1.55 bits per heavy atom. The second-order valence-electron chi connectivity index (χ2n) is 4.87. The molecule has 2 aromatic rings. The van der Waals surface area contributed by atoms with Crippen LogP contribution in [0, 0.1) is 12.3 Å². The van der Waals surface area contributed by atoms with E-state index in [0.717, 1.165) is 0 Å². The van der Waals surface area contributed by atoms with E-state index in [1.807, 2.05) is 12.1 Å². The average molecular weight is 312 g/mol. The van der Waals surface area contributed by atoms with Crippen molar-refractivity contribution in [2.45, 2.75) is 13.0 Å². The van der Waals surface area contributed by atoms with E-state index in [1.165, 1.54) is 0 Å². The molecule has 4 heteroatoms. The van der Waals surface area contributed by atoms with E-state index in [-0.39, 0.29) is 6.16 Å². The van der Waals surface area contributed by atoms with Crippen molar-refractivity contribution in [2.24, 2.45) is 0 Å². The van der Waals surface area contributed by atoms with Gasteiger partial charge in [-0.05, 0) is 6.92 Å². The molecule has 0 bridgehead atoms. The minimum atomic E-state index is -3.09. The molecule has 2 rings (SSSR count). The molecule has 0 saturated carbocycles. The Bertz CT molecular complexity index is 674. The molecule has 0 aromatic heterocycles. The van der Waals surface area contributed by atoms with Crippen molar-refractivity contribution >= 4 is 23.7 Å². The Labute approximate surface area is 130 Å². The van der Waals surface area contributed by atoms with Gasteiger partial charge in [-0.15, -0.1) is 6.42 Å². The summed E-state index contributed by atoms with van der Waals surface area (Å²) in [6.07, 6.45) is 4.38. The molecule has 0 saturated heterocycles. The zero-order chi connectivity index (χ0) is 16.0. The van der Waals surface area contributed by atoms with Gasteiger partial charge in [-0.1, -0.05) is 66.6 Å². The molecule has 3 nitrogen and oxygen atoms in total. The van der Waals surface area contributed by atoms with E-state index in [1.54, 1.807) is 55.5 Å². The van der Waals surface area contributed by atoms with Gasteiger partial charge in [0.15, 0.2) is 13.2 Å². The van der Waals surface area contributed by atoms with E-state index in [2.05, 4.69) is 5.92 Å². The third-order valence-corrected chi connectivity index (χ3v) is 6.21. The number of hydrogen-bond donors (Lipinski definition) is 0. The van der Waals surface area contributed by atoms with Crippen molar-refractivity contribution in [2.75, 3.05) is 6.16 Å². The SMILES string of the molecule is C#CC(C)OC(=O)CP(=O)(c1ccccc1)c1ccccc1. The first-order valence-corrected chi connectivity index (χ1v) is 8.81. The van der Waals surface area contributed by atoms with E-state index in [9.17, 15) is 9.36 Å². The van der Waals surface area contributed by atoms with Gasteiger partial charge in [0.05, 0.1) is 0 Å². The Morgan fingerprint density at radius 3 is 1.95 bits per heavy atom. The number of carbonyl (C=O) groups is 1. The van der Waals surface area contributed by atoms with Crippen LogP contribution in [0.2, 0.25) is 0 Å². The summed E-state index contributed by atoms with van der Waals surface area (Å²) in [5.74, 6) is 1.77. The minimum Gasteiger partial charge on any atom is -0.449 e. The van der Waals surface area contributed by atoms with E-state index < -0.39 is 19.2 Å². The minimum absolute atomic E-state index is 0.201. The molecule has 22 heavy (non-hydrogen) atoms. The number of terminal acetylenes is 1. The largest absolute Gasteiger partial charge is 0.449 e. The first-order valence-electron chi connectivity index (χ1n) is 6.92. The summed E-state index contributed by atoms with van der Waals surface area (Å²) in [6.45, 7) is 1.61. The van der Waals surface area contributed by atoms with E-state index in [4.69, 9.17) is 11.2 Å². The molecule has 0 fully saturated rings. The van der Waals surface area contributed by atoms with Crippen molar-refractivity contribution in [3.63, 3.8) is 0 Å². The zero-order valence-electron chi connectivity index (χ0n) is 12.3. The highest BCUT2D eigenvalue weighted by molar-refractivity contribution is 7.79. The molecule has 0 N–H and O–H groups in total. The molecule has 0 aliphatic rings. The molecule has 0 radical (unpaired) electrons. The second kappa shape index (κ2) is 7.11. The summed E-state index contributed by atoms with van der Waals surface area (Å²) >= 11 is 0. The van der Waals surface area contributed by atoms with Gasteiger partial charge in [-0.3, -0.25) is 4.79 Å². The van der Waals surface area contributed by atoms with Crippen LogP contribution < -0.4 is 10.6 Å². The Kier molecular flexibility index (Phi) is 5.20. The molecular weight excluding hydrogens is 295 g/mol. The third-order valence-electron chi connectivity index (χ3n) is 3.24. The highest BCUT2D eigenvalue weighted by Gasteiger charge is 2.31. The van der Waals surface area contributed by atoms with Gasteiger partial charge in [0.1, 0.15) is 6.16 Å². The first-order chi connectivity index (χ1) is 10.6. The standard InChI is InChI=1S/C18H17O3P/c1-3-15(2)21-18(19)14-22(20,16-10-6-4-7-11-16)17-12-8-5-9-13-17/h1,4-13,15H,14H2,2H3. The lowest BCUT2D eigenvalue weighted by atomic mass is 10.4. The van der Waals surface area contributed by atoms with Crippen molar-refractivity contribution in [1.82, 2.24) is 0 Å². The summed E-state index contributed by atoms with van der Waals surface area (Å²) < 4.78 is 18.6. The van der Waals surface area contributed by atoms with Crippen molar-refractivity contribution in [3.8, 4) is 12.3 Å². The number of benzene rings is 2. The third kappa shape index (κ3) is 3.67. The molecule has 0 aliphatic heterocycles. The highest BCUT2D eigenvalue weighted by atomic mass is 31.2. The van der Waals surface area contributed by atoms with Gasteiger partial charge < -0.3 is 9.30 Å². The molecular formula is C18H17O3P. The van der Waals surface area contributed by atoms with Crippen molar-refractivity contribution < 1.29 is 14.1 Å². The van der Waals surface area contributed by atoms with Crippen LogP contribution >= 0.6 is 7.14 Å². The number of esters is 1. The van der Waals surface area contributed by atoms with Gasteiger partial charge in [-0.2, -0.15) is 0 Å². The molecule has 112 valence electrons. The Balaban J connectivity index is 2.38. The van der Waals surface area contributed by atoms with E-state index in [0.29, 0.717) is 10.6 Å². The summed E-state index contributed by atoms with van der Waals surface area (Å²) in [5, 5.41) is 1.26. The zero-order valence-corrected chi connectivity index (χ0v) is 13.2. The number of carbonyl (C=O) groups excluding carboxylic acids is 1. The van der Waals surface area contributed by atoms with Gasteiger partial charge in [0.2, 0.25) is 0 Å². The number of rotatable bonds is 5. The van der Waals surface area contributed by atoms with Crippen LogP contribution in [0.15, 0.2) is 60.7 Å². The predicted octanol–water partition coefficient (Wildman–Crippen LogP) is 2.57. The van der Waals surface area contributed by atoms with Crippen LogP contribution in [0.3, 0.4) is 0 Å². The van der Waals surface area contributed by atoms with Gasteiger partial charge in [0, 0.05) is 10.6 Å². The lowest BCUT2D eigenvalue weighted by Gasteiger charge is -2.19. The molecule has 1 unspecified atom stereocenters. The van der Waals surface area contributed by atoms with Crippen LogP contribution in [0.5, 0.6) is 0 Å². The van der Waals surface area contributed by atoms with Crippen molar-refractivity contribution in [1.29, 1.82) is 0 Å². The molecule has 1 atom stereocenters. The maximum absolute atomic E-state index is 13.5. The monoisotopic (exact) mass is 312 g/mol. The van der Waals surface area contributed by atoms with Gasteiger partial charge >= 0.3 is 5.97 Å². The highest BCUT2D eigenvalue weighted by Crippen LogP contribution is 2.43. The van der Waals surface area contributed by atoms with Gasteiger partial charge in [-0.25, -0.2) is 0 Å². The quantitative estimate of drug-likeness (QED) is 0.484. The lowest BCUT2D eigenvalue weighted by Crippen LogP contribution is -2.25. The number of hydrogen-bond acceptors (Lipinski definition) is 3. The van der Waals surface area contributed by atoms with Crippen LogP contribution in [0.25, 0.3) is 0 Å². The average Bonchev–Trinajstić information content (AvgIpc) is 2.56. The topological polar surface area (TPSA) is 43.4 Å². The smallest absolute Gasteiger partial charge is 0.315 e. The van der Waals surface area contributed by atoms with Crippen LogP contribution in [0.1, 0.15) is 6.92 Å². The normalized spacial score (nSPS) is 12.2. The summed E-state index contributed by atoms with van der Waals surface area (Å²) in [5.41, 5.74) is 0. The van der Waals surface area contributed by atoms with Gasteiger partial charge in [0.25, 0.3) is 0 Å². The van der Waals surface area contributed by atoms with Crippen molar-refractivity contribution in [3.05, 3.63) is 60.7 Å². The fourth-order valence-electron chi connectivity index (χ4n) is 2.12. The molecule has 0 spiro atoms. The molecule has 2 aromatic carbocycles. The maximum Gasteiger partial charge on any atom is 0.315 e. The lowest BCUT2D eigenvalue weighted by molar-refractivity contribution is -0.142. The summed E-state index contributed by atoms with van der Waals surface area (Å²) in [4.78, 5) is 12.1. The molecule has 0 heterocycles. The van der Waals surface area contributed by atoms with Crippen LogP contribution in [-0.4, -0.2) is 18.2 Å². The second-order valence-corrected chi connectivity index (χ2v) is 7.70. The van der Waals surface area contributed by atoms with Crippen LogP contribution in [0.4, 0.5) is 0 Å².